The molecule has 0 aliphatic carbocycles. The van der Waals surface area contributed by atoms with Gasteiger partial charge in [-0.3, -0.25) is 4.79 Å². The minimum Gasteiger partial charge on any atom is -0.336 e. The highest BCUT2D eigenvalue weighted by Gasteiger charge is 2.33. The third kappa shape index (κ3) is 4.28. The average molecular weight is 493 g/mol. The summed E-state index contributed by atoms with van der Waals surface area (Å²) < 4.78 is 29.2. The van der Waals surface area contributed by atoms with Gasteiger partial charge in [-0.05, 0) is 56.3 Å². The van der Waals surface area contributed by atoms with Gasteiger partial charge < -0.3 is 4.90 Å². The molecular formula is C22H22Cl2N4O3S. The maximum atomic E-state index is 13.0. The molecule has 0 bridgehead atoms. The van der Waals surface area contributed by atoms with Crippen LogP contribution in [0.5, 0.6) is 0 Å². The van der Waals surface area contributed by atoms with Crippen molar-refractivity contribution in [3.63, 3.8) is 0 Å². The van der Waals surface area contributed by atoms with Crippen LogP contribution in [0.1, 0.15) is 21.7 Å². The maximum Gasteiger partial charge on any atom is 0.253 e. The minimum atomic E-state index is -3.85. The predicted octanol–water partition coefficient (Wildman–Crippen LogP) is 3.94. The Morgan fingerprint density at radius 1 is 0.938 bits per heavy atom. The molecule has 168 valence electrons. The number of amides is 1. The molecule has 0 spiro atoms. The van der Waals surface area contributed by atoms with Crippen molar-refractivity contribution in [1.29, 1.82) is 0 Å². The standard InChI is InChI=1S/C22H22Cl2N4O3S/c1-15-14-16(2)28(25-15)18-8-6-17(7-9-18)22(29)26-10-12-27(13-11-26)32(30,31)21-19(23)4-3-5-20(21)24/h3-9,14H,10-13H2,1-2H3. The molecule has 1 aromatic heterocycles. The largest absolute Gasteiger partial charge is 0.336 e. The van der Waals surface area contributed by atoms with Crippen LogP contribution in [0.15, 0.2) is 53.4 Å². The van der Waals surface area contributed by atoms with Crippen LogP contribution in [0.4, 0.5) is 0 Å². The fraction of sp³-hybridized carbons (Fsp3) is 0.273. The topological polar surface area (TPSA) is 75.5 Å². The number of benzene rings is 2. The third-order valence-electron chi connectivity index (χ3n) is 5.41. The highest BCUT2D eigenvalue weighted by Crippen LogP contribution is 2.32. The lowest BCUT2D eigenvalue weighted by Crippen LogP contribution is -2.50. The summed E-state index contributed by atoms with van der Waals surface area (Å²) in [6, 6.07) is 13.8. The van der Waals surface area contributed by atoms with E-state index in [4.69, 9.17) is 23.2 Å². The summed E-state index contributed by atoms with van der Waals surface area (Å²) in [5.74, 6) is -0.141. The Hall–Kier alpha value is -2.39. The van der Waals surface area contributed by atoms with Crippen molar-refractivity contribution in [2.45, 2.75) is 18.7 Å². The van der Waals surface area contributed by atoms with Gasteiger partial charge in [-0.25, -0.2) is 13.1 Å². The summed E-state index contributed by atoms with van der Waals surface area (Å²) in [5, 5.41) is 4.62. The first-order valence-electron chi connectivity index (χ1n) is 10.1. The molecule has 3 aromatic rings. The Labute approximate surface area is 197 Å². The van der Waals surface area contributed by atoms with Crippen LogP contribution in [0.2, 0.25) is 10.0 Å². The van der Waals surface area contributed by atoms with Gasteiger partial charge in [-0.1, -0.05) is 29.3 Å². The zero-order valence-corrected chi connectivity index (χ0v) is 20.0. The van der Waals surface area contributed by atoms with Crippen LogP contribution in [0, 0.1) is 13.8 Å². The van der Waals surface area contributed by atoms with Crippen LogP contribution < -0.4 is 0 Å². The lowest BCUT2D eigenvalue weighted by molar-refractivity contribution is 0.0698. The molecule has 7 nitrogen and oxygen atoms in total. The lowest BCUT2D eigenvalue weighted by Gasteiger charge is -2.34. The Balaban J connectivity index is 1.45. The summed E-state index contributed by atoms with van der Waals surface area (Å²) in [6.45, 7) is 4.79. The van der Waals surface area contributed by atoms with Crippen LogP contribution in [0.25, 0.3) is 5.69 Å². The zero-order valence-electron chi connectivity index (χ0n) is 17.6. The number of hydrogen-bond acceptors (Lipinski definition) is 4. The molecule has 4 rings (SSSR count). The van der Waals surface area contributed by atoms with E-state index in [0.717, 1.165) is 17.1 Å². The fourth-order valence-electron chi connectivity index (χ4n) is 3.81. The molecule has 1 amide bonds. The third-order valence-corrected chi connectivity index (χ3v) is 8.27. The van der Waals surface area contributed by atoms with Gasteiger partial charge >= 0.3 is 0 Å². The quantitative estimate of drug-likeness (QED) is 0.552. The zero-order chi connectivity index (χ0) is 23.0. The molecule has 1 aliphatic heterocycles. The van der Waals surface area contributed by atoms with E-state index in [0.29, 0.717) is 5.56 Å². The van der Waals surface area contributed by atoms with E-state index in [9.17, 15) is 13.2 Å². The number of sulfonamides is 1. The molecule has 0 atom stereocenters. The van der Waals surface area contributed by atoms with E-state index in [2.05, 4.69) is 5.10 Å². The predicted molar refractivity (Wildman–Crippen MR) is 124 cm³/mol. The summed E-state index contributed by atoms with van der Waals surface area (Å²) in [7, 11) is -3.85. The average Bonchev–Trinajstić information content (AvgIpc) is 3.11. The molecule has 0 radical (unpaired) electrons. The molecule has 0 saturated carbocycles. The molecule has 1 saturated heterocycles. The molecule has 32 heavy (non-hydrogen) atoms. The second-order valence-electron chi connectivity index (χ2n) is 7.63. The maximum absolute atomic E-state index is 13.0. The Morgan fingerprint density at radius 2 is 1.53 bits per heavy atom. The number of aryl methyl sites for hydroxylation is 2. The highest BCUT2D eigenvalue weighted by atomic mass is 35.5. The van der Waals surface area contributed by atoms with Gasteiger partial charge in [-0.2, -0.15) is 9.40 Å². The minimum absolute atomic E-state index is 0.0821. The second kappa shape index (κ2) is 8.86. The van der Waals surface area contributed by atoms with Crippen molar-refractivity contribution in [3.05, 3.63) is 75.5 Å². The van der Waals surface area contributed by atoms with Crippen molar-refractivity contribution in [3.8, 4) is 5.69 Å². The number of rotatable bonds is 4. The van der Waals surface area contributed by atoms with Gasteiger partial charge in [0.25, 0.3) is 5.91 Å². The van der Waals surface area contributed by atoms with E-state index >= 15 is 0 Å². The van der Waals surface area contributed by atoms with Crippen LogP contribution >= 0.6 is 23.2 Å². The van der Waals surface area contributed by atoms with Gasteiger partial charge in [0, 0.05) is 37.4 Å². The first kappa shape index (κ1) is 22.8. The second-order valence-corrected chi connectivity index (χ2v) is 10.3. The number of carbonyl (C=O) groups excluding carboxylic acids is 1. The van der Waals surface area contributed by atoms with Crippen molar-refractivity contribution >= 4 is 39.1 Å². The SMILES string of the molecule is Cc1cc(C)n(-c2ccc(C(=O)N3CCN(S(=O)(=O)c4c(Cl)cccc4Cl)CC3)cc2)n1. The van der Waals surface area contributed by atoms with Gasteiger partial charge in [0.1, 0.15) is 4.90 Å². The smallest absolute Gasteiger partial charge is 0.253 e. The van der Waals surface area contributed by atoms with E-state index in [1.807, 2.05) is 36.7 Å². The first-order chi connectivity index (χ1) is 15.2. The normalized spacial score (nSPS) is 15.2. The van der Waals surface area contributed by atoms with Crippen LogP contribution in [0.3, 0.4) is 0 Å². The fourth-order valence-corrected chi connectivity index (χ4v) is 6.32. The molecule has 2 heterocycles. The summed E-state index contributed by atoms with van der Waals surface area (Å²) in [6.07, 6.45) is 0. The highest BCUT2D eigenvalue weighted by molar-refractivity contribution is 7.89. The molecule has 0 unspecified atom stereocenters. The Morgan fingerprint density at radius 3 is 2.06 bits per heavy atom. The number of nitrogens with zero attached hydrogens (tertiary/aromatic N) is 4. The van der Waals surface area contributed by atoms with Crippen molar-refractivity contribution in [2.24, 2.45) is 0 Å². The van der Waals surface area contributed by atoms with Gasteiger partial charge in [-0.15, -0.1) is 0 Å². The van der Waals surface area contributed by atoms with Gasteiger partial charge in [0.15, 0.2) is 0 Å². The molecule has 1 fully saturated rings. The number of aromatic nitrogens is 2. The van der Waals surface area contributed by atoms with Crippen molar-refractivity contribution < 1.29 is 13.2 Å². The van der Waals surface area contributed by atoms with E-state index in [-0.39, 0.29) is 47.0 Å². The number of piperazine rings is 1. The van der Waals surface area contributed by atoms with Crippen molar-refractivity contribution in [2.75, 3.05) is 26.2 Å². The van der Waals surface area contributed by atoms with Gasteiger partial charge in [0.05, 0.1) is 21.4 Å². The Bertz CT molecular complexity index is 1240. The summed E-state index contributed by atoms with van der Waals surface area (Å²) in [4.78, 5) is 14.5. The van der Waals surface area contributed by atoms with E-state index in [1.165, 1.54) is 16.4 Å². The van der Waals surface area contributed by atoms with Crippen LogP contribution in [-0.2, 0) is 10.0 Å². The molecular weight excluding hydrogens is 471 g/mol. The van der Waals surface area contributed by atoms with E-state index in [1.54, 1.807) is 23.1 Å². The summed E-state index contributed by atoms with van der Waals surface area (Å²) in [5.41, 5.74) is 3.35. The summed E-state index contributed by atoms with van der Waals surface area (Å²) >= 11 is 12.2. The van der Waals surface area contributed by atoms with Crippen molar-refractivity contribution in [1.82, 2.24) is 19.0 Å². The van der Waals surface area contributed by atoms with E-state index < -0.39 is 10.0 Å². The Kier molecular flexibility index (Phi) is 6.31. The van der Waals surface area contributed by atoms with Gasteiger partial charge in [0.2, 0.25) is 10.0 Å². The lowest BCUT2D eigenvalue weighted by atomic mass is 10.1. The van der Waals surface area contributed by atoms with Crippen LogP contribution in [-0.4, -0.2) is 59.5 Å². The monoisotopic (exact) mass is 492 g/mol. The molecule has 0 N–H and O–H groups in total. The number of hydrogen-bond donors (Lipinski definition) is 0. The number of halogens is 2. The first-order valence-corrected chi connectivity index (χ1v) is 12.3. The molecule has 1 aliphatic rings. The molecule has 10 heteroatoms. The molecule has 2 aromatic carbocycles. The number of carbonyl (C=O) groups is 1.